The Hall–Kier alpha value is -2.56. The summed E-state index contributed by atoms with van der Waals surface area (Å²) in [6, 6.07) is 9.44. The number of aryl methyl sites for hydroxylation is 1. The van der Waals surface area contributed by atoms with Crippen molar-refractivity contribution < 1.29 is 4.74 Å². The van der Waals surface area contributed by atoms with Crippen molar-refractivity contribution in [2.45, 2.75) is 13.5 Å². The minimum absolute atomic E-state index is 0.546. The van der Waals surface area contributed by atoms with E-state index >= 15 is 0 Å². The fourth-order valence-corrected chi connectivity index (χ4v) is 2.08. The van der Waals surface area contributed by atoms with Crippen LogP contribution in [0.5, 0.6) is 5.75 Å². The fourth-order valence-electron chi connectivity index (χ4n) is 2.08. The first-order chi connectivity index (χ1) is 9.72. The molecule has 0 atom stereocenters. The molecule has 2 N–H and O–H groups in total. The zero-order valence-electron chi connectivity index (χ0n) is 11.3. The van der Waals surface area contributed by atoms with Crippen molar-refractivity contribution in [3.05, 3.63) is 48.4 Å². The Balaban J connectivity index is 1.68. The third-order valence-electron chi connectivity index (χ3n) is 3.05. The van der Waals surface area contributed by atoms with Crippen LogP contribution in [0.1, 0.15) is 5.56 Å². The number of hydrogen-bond acceptors (Lipinski definition) is 4. The summed E-state index contributed by atoms with van der Waals surface area (Å²) in [7, 11) is 0. The third kappa shape index (κ3) is 2.56. The van der Waals surface area contributed by atoms with Gasteiger partial charge in [0.05, 0.1) is 12.9 Å². The van der Waals surface area contributed by atoms with E-state index in [1.165, 1.54) is 0 Å². The molecule has 0 fully saturated rings. The Morgan fingerprint density at radius 3 is 3.00 bits per heavy atom. The first-order valence-electron chi connectivity index (χ1n) is 6.48. The van der Waals surface area contributed by atoms with Crippen LogP contribution in [0.15, 0.2) is 42.9 Å². The molecule has 0 amide bonds. The highest BCUT2D eigenvalue weighted by molar-refractivity contribution is 5.71. The van der Waals surface area contributed by atoms with Crippen LogP contribution in [-0.2, 0) is 6.54 Å². The van der Waals surface area contributed by atoms with E-state index in [9.17, 15) is 0 Å². The van der Waals surface area contributed by atoms with E-state index in [0.29, 0.717) is 18.8 Å². The average molecular weight is 268 g/mol. The van der Waals surface area contributed by atoms with Gasteiger partial charge in [0.2, 0.25) is 0 Å². The highest BCUT2D eigenvalue weighted by atomic mass is 16.5. The molecule has 0 radical (unpaired) electrons. The number of hydrogen-bond donors (Lipinski definition) is 1. The molecule has 3 aromatic rings. The standard InChI is InChI=1S/C15H16N4O/c1-11-7-14-15(17-9-11)19(10-18-14)5-6-20-13-4-2-3-12(16)8-13/h2-4,7-10H,5-6,16H2,1H3. The lowest BCUT2D eigenvalue weighted by molar-refractivity contribution is 0.300. The van der Waals surface area contributed by atoms with Gasteiger partial charge in [0, 0.05) is 18.0 Å². The number of nitrogen functional groups attached to an aromatic ring is 1. The molecular formula is C15H16N4O. The smallest absolute Gasteiger partial charge is 0.159 e. The molecular weight excluding hydrogens is 252 g/mol. The Kier molecular flexibility index (Phi) is 3.25. The van der Waals surface area contributed by atoms with Crippen LogP contribution in [0.25, 0.3) is 11.2 Å². The second kappa shape index (κ2) is 5.21. The number of anilines is 1. The summed E-state index contributed by atoms with van der Waals surface area (Å²) in [6.07, 6.45) is 3.64. The summed E-state index contributed by atoms with van der Waals surface area (Å²) in [4.78, 5) is 8.75. The van der Waals surface area contributed by atoms with Crippen LogP contribution in [0.2, 0.25) is 0 Å². The number of benzene rings is 1. The lowest BCUT2D eigenvalue weighted by Crippen LogP contribution is -2.08. The van der Waals surface area contributed by atoms with E-state index in [1.54, 1.807) is 6.33 Å². The largest absolute Gasteiger partial charge is 0.492 e. The predicted octanol–water partition coefficient (Wildman–Crippen LogP) is 2.40. The van der Waals surface area contributed by atoms with Gasteiger partial charge in [0.1, 0.15) is 17.9 Å². The van der Waals surface area contributed by atoms with Gasteiger partial charge in [-0.15, -0.1) is 0 Å². The van der Waals surface area contributed by atoms with E-state index in [0.717, 1.165) is 22.5 Å². The Morgan fingerprint density at radius 1 is 1.25 bits per heavy atom. The first kappa shape index (κ1) is 12.5. The van der Waals surface area contributed by atoms with Crippen LogP contribution in [0, 0.1) is 6.92 Å². The topological polar surface area (TPSA) is 66.0 Å². The van der Waals surface area contributed by atoms with Crippen molar-refractivity contribution in [2.24, 2.45) is 0 Å². The monoisotopic (exact) mass is 268 g/mol. The van der Waals surface area contributed by atoms with Crippen LogP contribution in [0.4, 0.5) is 5.69 Å². The highest BCUT2D eigenvalue weighted by Gasteiger charge is 2.04. The van der Waals surface area contributed by atoms with Crippen LogP contribution < -0.4 is 10.5 Å². The molecule has 0 spiro atoms. The van der Waals surface area contributed by atoms with Gasteiger partial charge in [-0.25, -0.2) is 9.97 Å². The first-order valence-corrected chi connectivity index (χ1v) is 6.48. The maximum absolute atomic E-state index is 5.71. The van der Waals surface area contributed by atoms with Crippen molar-refractivity contribution in [1.82, 2.24) is 14.5 Å². The molecule has 0 aliphatic heterocycles. The van der Waals surface area contributed by atoms with Crippen molar-refractivity contribution in [3.63, 3.8) is 0 Å². The molecule has 0 aliphatic rings. The molecule has 3 rings (SSSR count). The minimum Gasteiger partial charge on any atom is -0.492 e. The van der Waals surface area contributed by atoms with E-state index in [-0.39, 0.29) is 0 Å². The number of nitrogens with two attached hydrogens (primary N) is 1. The number of fused-ring (bicyclic) bond motifs is 1. The second-order valence-corrected chi connectivity index (χ2v) is 4.71. The van der Waals surface area contributed by atoms with Crippen LogP contribution >= 0.6 is 0 Å². The fraction of sp³-hybridized carbons (Fsp3) is 0.200. The van der Waals surface area contributed by atoms with Crippen molar-refractivity contribution in [1.29, 1.82) is 0 Å². The summed E-state index contributed by atoms with van der Waals surface area (Å²) in [5, 5.41) is 0. The predicted molar refractivity (Wildman–Crippen MR) is 78.6 cm³/mol. The van der Waals surface area contributed by atoms with Crippen LogP contribution in [-0.4, -0.2) is 21.1 Å². The van der Waals surface area contributed by atoms with Gasteiger partial charge in [0.25, 0.3) is 0 Å². The van der Waals surface area contributed by atoms with Crippen molar-refractivity contribution >= 4 is 16.9 Å². The SMILES string of the molecule is Cc1cnc2c(c1)ncn2CCOc1cccc(N)c1. The van der Waals surface area contributed by atoms with E-state index < -0.39 is 0 Å². The summed E-state index contributed by atoms with van der Waals surface area (Å²) >= 11 is 0. The normalized spacial score (nSPS) is 10.8. The van der Waals surface area contributed by atoms with Gasteiger partial charge in [0.15, 0.2) is 5.65 Å². The Labute approximate surface area is 117 Å². The number of imidazole rings is 1. The molecule has 102 valence electrons. The number of ether oxygens (including phenoxy) is 1. The highest BCUT2D eigenvalue weighted by Crippen LogP contribution is 2.15. The molecule has 0 bridgehead atoms. The van der Waals surface area contributed by atoms with Gasteiger partial charge in [-0.3, -0.25) is 0 Å². The summed E-state index contributed by atoms with van der Waals surface area (Å²) in [5.74, 6) is 0.776. The molecule has 1 aromatic carbocycles. The molecule has 0 aliphatic carbocycles. The van der Waals surface area contributed by atoms with Gasteiger partial charge in [-0.2, -0.15) is 0 Å². The third-order valence-corrected chi connectivity index (χ3v) is 3.05. The summed E-state index contributed by atoms with van der Waals surface area (Å²) in [5.41, 5.74) is 9.31. The molecule has 5 heteroatoms. The lowest BCUT2D eigenvalue weighted by atomic mass is 10.3. The van der Waals surface area contributed by atoms with Gasteiger partial charge < -0.3 is 15.0 Å². The molecule has 0 unspecified atom stereocenters. The molecule has 5 nitrogen and oxygen atoms in total. The molecule has 0 saturated carbocycles. The maximum atomic E-state index is 5.71. The van der Waals surface area contributed by atoms with Gasteiger partial charge in [-0.05, 0) is 30.7 Å². The molecule has 2 heterocycles. The number of pyridine rings is 1. The summed E-state index contributed by atoms with van der Waals surface area (Å²) in [6.45, 7) is 3.25. The molecule has 0 saturated heterocycles. The maximum Gasteiger partial charge on any atom is 0.159 e. The average Bonchev–Trinajstić information content (AvgIpc) is 2.81. The minimum atomic E-state index is 0.546. The second-order valence-electron chi connectivity index (χ2n) is 4.71. The number of rotatable bonds is 4. The van der Waals surface area contributed by atoms with E-state index in [4.69, 9.17) is 10.5 Å². The van der Waals surface area contributed by atoms with Gasteiger partial charge >= 0.3 is 0 Å². The Morgan fingerprint density at radius 2 is 2.15 bits per heavy atom. The van der Waals surface area contributed by atoms with Crippen molar-refractivity contribution in [3.8, 4) is 5.75 Å². The molecule has 20 heavy (non-hydrogen) atoms. The van der Waals surface area contributed by atoms with E-state index in [1.807, 2.05) is 48.0 Å². The summed E-state index contributed by atoms with van der Waals surface area (Å²) < 4.78 is 7.66. The van der Waals surface area contributed by atoms with Crippen LogP contribution in [0.3, 0.4) is 0 Å². The number of aromatic nitrogens is 3. The zero-order chi connectivity index (χ0) is 13.9. The van der Waals surface area contributed by atoms with Crippen molar-refractivity contribution in [2.75, 3.05) is 12.3 Å². The van der Waals surface area contributed by atoms with E-state index in [2.05, 4.69) is 9.97 Å². The quantitative estimate of drug-likeness (QED) is 0.738. The molecule has 2 aromatic heterocycles. The zero-order valence-corrected chi connectivity index (χ0v) is 11.3. The van der Waals surface area contributed by atoms with Gasteiger partial charge in [-0.1, -0.05) is 6.07 Å². The lowest BCUT2D eigenvalue weighted by Gasteiger charge is -2.07. The Bertz CT molecular complexity index is 736. The number of nitrogens with zero attached hydrogens (tertiary/aromatic N) is 3.